The maximum atomic E-state index is 12.8. The van der Waals surface area contributed by atoms with Crippen LogP contribution in [-0.2, 0) is 9.47 Å². The molecule has 0 radical (unpaired) electrons. The Morgan fingerprint density at radius 2 is 1.56 bits per heavy atom. The molecular formula is C20H27NO6. The van der Waals surface area contributed by atoms with Crippen molar-refractivity contribution < 1.29 is 27.9 Å². The molecule has 0 aliphatic rings. The number of rotatable bonds is 6. The number of nitrogens with one attached hydrogen (secondary N) is 1. The second-order valence-electron chi connectivity index (χ2n) is 7.77. The van der Waals surface area contributed by atoms with E-state index in [2.05, 4.69) is 5.32 Å². The van der Waals surface area contributed by atoms with Gasteiger partial charge < -0.3 is 23.6 Å². The van der Waals surface area contributed by atoms with Crippen molar-refractivity contribution in [3.05, 3.63) is 29.5 Å². The lowest BCUT2D eigenvalue weighted by atomic mass is 10.1. The van der Waals surface area contributed by atoms with Crippen LogP contribution < -0.4 is 5.32 Å². The highest BCUT2D eigenvalue weighted by Crippen LogP contribution is 2.37. The largest absolute Gasteiger partial charge is 0.461 e. The van der Waals surface area contributed by atoms with Gasteiger partial charge in [-0.2, -0.15) is 0 Å². The molecule has 27 heavy (non-hydrogen) atoms. The topological polar surface area (TPSA) is 90.9 Å². The van der Waals surface area contributed by atoms with Crippen LogP contribution in [0.15, 0.2) is 27.2 Å². The summed E-state index contributed by atoms with van der Waals surface area (Å²) in [5.74, 6) is -0.790. The summed E-state index contributed by atoms with van der Waals surface area (Å²) in [7, 11) is 0. The summed E-state index contributed by atoms with van der Waals surface area (Å²) >= 11 is 0. The summed E-state index contributed by atoms with van der Waals surface area (Å²) < 4.78 is 21.9. The molecule has 0 aromatic carbocycles. The van der Waals surface area contributed by atoms with Gasteiger partial charge in [-0.25, -0.2) is 9.59 Å². The molecule has 0 amide bonds. The first-order chi connectivity index (χ1) is 12.5. The van der Waals surface area contributed by atoms with E-state index in [0.717, 1.165) is 0 Å². The number of furan rings is 2. The van der Waals surface area contributed by atoms with Crippen LogP contribution >= 0.6 is 0 Å². The molecule has 2 aromatic rings. The maximum Gasteiger partial charge on any atom is 0.344 e. The zero-order chi connectivity index (χ0) is 20.4. The Morgan fingerprint density at radius 1 is 1.00 bits per heavy atom. The van der Waals surface area contributed by atoms with Gasteiger partial charge in [-0.3, -0.25) is 0 Å². The normalized spacial score (nSPS) is 11.7. The SMILES string of the molecule is CC(C)OC(=O)c1c(NC(C)(C)C)oc(-c2ccco2)c1C(=O)OC(C)C. The minimum atomic E-state index is -0.683. The molecule has 0 saturated carbocycles. The molecule has 0 atom stereocenters. The van der Waals surface area contributed by atoms with Gasteiger partial charge in [0.2, 0.25) is 5.88 Å². The molecule has 0 fully saturated rings. The molecule has 0 spiro atoms. The lowest BCUT2D eigenvalue weighted by Gasteiger charge is -2.21. The van der Waals surface area contributed by atoms with Crippen molar-refractivity contribution in [1.29, 1.82) is 0 Å². The minimum absolute atomic E-state index is 0.00400. The third-order valence-electron chi connectivity index (χ3n) is 3.24. The van der Waals surface area contributed by atoms with Gasteiger partial charge in [-0.1, -0.05) is 0 Å². The van der Waals surface area contributed by atoms with Gasteiger partial charge in [0.15, 0.2) is 11.5 Å². The fourth-order valence-corrected chi connectivity index (χ4v) is 2.38. The van der Waals surface area contributed by atoms with Crippen LogP contribution in [0, 0.1) is 0 Å². The number of carbonyl (C=O) groups excluding carboxylic acids is 2. The van der Waals surface area contributed by atoms with Crippen molar-refractivity contribution in [1.82, 2.24) is 0 Å². The Bertz CT molecular complexity index is 793. The number of anilines is 1. The molecule has 1 N–H and O–H groups in total. The molecule has 0 unspecified atom stereocenters. The van der Waals surface area contributed by atoms with E-state index in [9.17, 15) is 9.59 Å². The monoisotopic (exact) mass is 377 g/mol. The highest BCUT2D eigenvalue weighted by atomic mass is 16.6. The Hall–Kier alpha value is -2.70. The Morgan fingerprint density at radius 3 is 2.00 bits per heavy atom. The third-order valence-corrected chi connectivity index (χ3v) is 3.24. The van der Waals surface area contributed by atoms with Crippen LogP contribution in [-0.4, -0.2) is 29.7 Å². The molecule has 0 bridgehead atoms. The van der Waals surface area contributed by atoms with Gasteiger partial charge in [0.25, 0.3) is 0 Å². The Balaban J connectivity index is 2.69. The van der Waals surface area contributed by atoms with Crippen molar-refractivity contribution in [2.24, 2.45) is 0 Å². The van der Waals surface area contributed by atoms with Crippen LogP contribution in [0.25, 0.3) is 11.5 Å². The van der Waals surface area contributed by atoms with E-state index in [1.54, 1.807) is 39.8 Å². The van der Waals surface area contributed by atoms with Crippen molar-refractivity contribution in [3.63, 3.8) is 0 Å². The Labute approximate surface area is 159 Å². The summed E-state index contributed by atoms with van der Waals surface area (Å²) in [6.45, 7) is 12.6. The summed E-state index contributed by atoms with van der Waals surface area (Å²) in [5.41, 5.74) is -0.448. The predicted molar refractivity (Wildman–Crippen MR) is 101 cm³/mol. The first-order valence-corrected chi connectivity index (χ1v) is 8.90. The first-order valence-electron chi connectivity index (χ1n) is 8.90. The lowest BCUT2D eigenvalue weighted by Crippen LogP contribution is -2.27. The molecule has 0 aliphatic carbocycles. The predicted octanol–water partition coefficient (Wildman–Crippen LogP) is 4.88. The molecule has 7 nitrogen and oxygen atoms in total. The molecule has 2 aromatic heterocycles. The summed E-state index contributed by atoms with van der Waals surface area (Å²) in [4.78, 5) is 25.6. The first kappa shape index (κ1) is 20.6. The van der Waals surface area contributed by atoms with Crippen LogP contribution in [0.1, 0.15) is 69.2 Å². The average molecular weight is 377 g/mol. The lowest BCUT2D eigenvalue weighted by molar-refractivity contribution is 0.0330. The van der Waals surface area contributed by atoms with Crippen LogP contribution in [0.3, 0.4) is 0 Å². The van der Waals surface area contributed by atoms with E-state index < -0.39 is 17.5 Å². The standard InChI is InChI=1S/C20H27NO6/c1-11(2)25-18(22)14-15(19(23)26-12(3)4)17(21-20(5,6)7)27-16(14)13-9-8-10-24-13/h8-12,21H,1-7H3. The van der Waals surface area contributed by atoms with Crippen LogP contribution in [0.4, 0.5) is 5.88 Å². The smallest absolute Gasteiger partial charge is 0.344 e. The highest BCUT2D eigenvalue weighted by molar-refractivity contribution is 6.10. The van der Waals surface area contributed by atoms with Crippen molar-refractivity contribution in [2.45, 2.75) is 66.2 Å². The van der Waals surface area contributed by atoms with Gasteiger partial charge in [0.1, 0.15) is 11.1 Å². The number of carbonyl (C=O) groups is 2. The molecular weight excluding hydrogens is 350 g/mol. The van der Waals surface area contributed by atoms with E-state index in [4.69, 9.17) is 18.3 Å². The van der Waals surface area contributed by atoms with Gasteiger partial charge >= 0.3 is 11.9 Å². The van der Waals surface area contributed by atoms with E-state index in [-0.39, 0.29) is 35.0 Å². The minimum Gasteiger partial charge on any atom is -0.461 e. The Kier molecular flexibility index (Phi) is 6.03. The third kappa shape index (κ3) is 5.15. The number of hydrogen-bond acceptors (Lipinski definition) is 7. The van der Waals surface area contributed by atoms with E-state index in [0.29, 0.717) is 5.76 Å². The molecule has 0 aliphatic heterocycles. The highest BCUT2D eigenvalue weighted by Gasteiger charge is 2.35. The van der Waals surface area contributed by atoms with Crippen molar-refractivity contribution in [3.8, 4) is 11.5 Å². The summed E-state index contributed by atoms with van der Waals surface area (Å²) in [6.07, 6.45) is 0.721. The summed E-state index contributed by atoms with van der Waals surface area (Å²) in [6, 6.07) is 3.31. The second-order valence-corrected chi connectivity index (χ2v) is 7.77. The van der Waals surface area contributed by atoms with Gasteiger partial charge in [-0.05, 0) is 60.6 Å². The second kappa shape index (κ2) is 7.90. The molecule has 2 rings (SSSR count). The summed E-state index contributed by atoms with van der Waals surface area (Å²) in [5, 5.41) is 3.12. The van der Waals surface area contributed by atoms with Gasteiger partial charge in [0, 0.05) is 5.54 Å². The quantitative estimate of drug-likeness (QED) is 0.717. The van der Waals surface area contributed by atoms with Crippen molar-refractivity contribution >= 4 is 17.8 Å². The van der Waals surface area contributed by atoms with E-state index in [1.807, 2.05) is 20.8 Å². The molecule has 7 heteroatoms. The molecule has 0 saturated heterocycles. The molecule has 148 valence electrons. The van der Waals surface area contributed by atoms with Gasteiger partial charge in [-0.15, -0.1) is 0 Å². The zero-order valence-electron chi connectivity index (χ0n) is 16.8. The van der Waals surface area contributed by atoms with Gasteiger partial charge in [0.05, 0.1) is 18.5 Å². The molecule has 2 heterocycles. The van der Waals surface area contributed by atoms with Crippen molar-refractivity contribution in [2.75, 3.05) is 5.32 Å². The van der Waals surface area contributed by atoms with Crippen LogP contribution in [0.5, 0.6) is 0 Å². The van der Waals surface area contributed by atoms with E-state index in [1.165, 1.54) is 6.26 Å². The fraction of sp³-hybridized carbons (Fsp3) is 0.500. The number of esters is 2. The zero-order valence-corrected chi connectivity index (χ0v) is 16.8. The number of ether oxygens (including phenoxy) is 2. The fourth-order valence-electron chi connectivity index (χ4n) is 2.38. The average Bonchev–Trinajstić information content (AvgIpc) is 3.10. The van der Waals surface area contributed by atoms with E-state index >= 15 is 0 Å². The van der Waals surface area contributed by atoms with Crippen LogP contribution in [0.2, 0.25) is 0 Å². The maximum absolute atomic E-state index is 12.8. The number of hydrogen-bond donors (Lipinski definition) is 1.